The Balaban J connectivity index is 1.11. The minimum absolute atomic E-state index is 0.0108. The lowest BCUT2D eigenvalue weighted by Crippen LogP contribution is -2.55. The van der Waals surface area contributed by atoms with E-state index in [0.29, 0.717) is 36.0 Å². The van der Waals surface area contributed by atoms with Crippen LogP contribution in [-0.4, -0.2) is 76.3 Å². The minimum atomic E-state index is -3.05. The number of Topliss-reactive ketones (excluding diaryl/α,β-unsaturated/α-hetero) is 1. The predicted octanol–water partition coefficient (Wildman–Crippen LogP) is 6.32. The molecule has 14 heteroatoms. The fourth-order valence-corrected chi connectivity index (χ4v) is 10.5. The minimum Gasteiger partial charge on any atom is -0.370 e. The maximum absolute atomic E-state index is 14.6. The molecule has 3 aliphatic heterocycles. The van der Waals surface area contributed by atoms with E-state index in [1.165, 1.54) is 23.1 Å². The maximum atomic E-state index is 14.6. The number of alkyl halides is 2. The average Bonchev–Trinajstić information content (AvgIpc) is 3.84. The largest absolute Gasteiger partial charge is 0.370 e. The number of nitrogens with zero attached hydrogens (tertiary/aromatic N) is 2. The van der Waals surface area contributed by atoms with Crippen LogP contribution in [0.2, 0.25) is 0 Å². The number of piperidine rings is 1. The predicted molar refractivity (Wildman–Crippen MR) is 216 cm³/mol. The molecule has 0 spiro atoms. The quantitative estimate of drug-likeness (QED) is 0.183. The van der Waals surface area contributed by atoms with E-state index in [2.05, 4.69) is 10.6 Å². The Morgan fingerprint density at radius 2 is 1.66 bits per heavy atom. The van der Waals surface area contributed by atoms with Crippen molar-refractivity contribution in [3.05, 3.63) is 70.1 Å². The van der Waals surface area contributed by atoms with Crippen LogP contribution >= 0.6 is 11.3 Å². The van der Waals surface area contributed by atoms with Crippen LogP contribution in [0.1, 0.15) is 123 Å². The number of hydrogen-bond acceptors (Lipinski definition) is 7. The van der Waals surface area contributed by atoms with Gasteiger partial charge >= 0.3 is 0 Å². The number of amides is 5. The second-order valence-corrected chi connectivity index (χ2v) is 17.7. The van der Waals surface area contributed by atoms with Crippen molar-refractivity contribution in [2.75, 3.05) is 13.1 Å². The Labute approximate surface area is 341 Å². The van der Waals surface area contributed by atoms with Gasteiger partial charge in [-0.1, -0.05) is 49.6 Å². The molecule has 11 nitrogen and oxygen atoms in total. The van der Waals surface area contributed by atoms with Crippen molar-refractivity contribution >= 4 is 56.7 Å². The fourth-order valence-electron chi connectivity index (χ4n) is 9.55. The molecule has 2 aromatic carbocycles. The second kappa shape index (κ2) is 17.6. The SMILES string of the molecule is CC(F)(F)c1ccc2sc(C(=O)N[C@H]3Cc4ccccc4[C@H]4CC[C@@H](C(=O)N[C@@H](CCC(N)=O)C(=O)C[C@H](C(=O)N5CCCCC5)C5CCCCC5)N4C3=O)cc2c1. The van der Waals surface area contributed by atoms with Gasteiger partial charge in [-0.15, -0.1) is 11.3 Å². The van der Waals surface area contributed by atoms with Crippen molar-refractivity contribution in [3.63, 3.8) is 0 Å². The first-order valence-corrected chi connectivity index (χ1v) is 21.6. The standard InChI is InChI=1S/C44H53F2N5O6S/c1-44(45,46)29-14-18-37-28(22-29)24-38(58-37)41(55)49-33-23-27-12-6-7-13-30(27)34-16-17-35(51(34)43(33)57)40(54)48-32(15-19-39(47)53)36(52)25-31(26-10-4-2-5-11-26)42(56)50-20-8-3-9-21-50/h6-7,12-14,18,22,24,26,31-35H,2-5,8-11,15-17,19-21,23,25H2,1H3,(H2,47,53)(H,48,54)(H,49,55)/t31-,32-,33-,34+,35-/m0/s1. The van der Waals surface area contributed by atoms with Crippen molar-refractivity contribution in [3.8, 4) is 0 Å². The Kier molecular flexibility index (Phi) is 12.6. The number of rotatable bonds is 13. The zero-order valence-corrected chi connectivity index (χ0v) is 33.8. The molecule has 7 rings (SSSR count). The molecular formula is C44H53F2N5O6S. The van der Waals surface area contributed by atoms with Gasteiger partial charge in [0.05, 0.1) is 17.0 Å². The smallest absolute Gasteiger partial charge is 0.270 e. The number of benzene rings is 2. The molecule has 4 aliphatic rings. The maximum Gasteiger partial charge on any atom is 0.270 e. The zero-order valence-electron chi connectivity index (χ0n) is 33.0. The molecule has 2 saturated heterocycles. The van der Waals surface area contributed by atoms with Crippen molar-refractivity contribution in [1.29, 1.82) is 0 Å². The summed E-state index contributed by atoms with van der Waals surface area (Å²) in [5.74, 6) is -6.01. The third-order valence-corrected chi connectivity index (χ3v) is 13.8. The molecule has 1 aromatic heterocycles. The summed E-state index contributed by atoms with van der Waals surface area (Å²) >= 11 is 1.13. The molecule has 3 fully saturated rings. The summed E-state index contributed by atoms with van der Waals surface area (Å²) in [6.07, 6.45) is 8.41. The lowest BCUT2D eigenvalue weighted by molar-refractivity contribution is -0.143. The number of carbonyl (C=O) groups excluding carboxylic acids is 6. The molecule has 5 atom stereocenters. The second-order valence-electron chi connectivity index (χ2n) is 16.7. The van der Waals surface area contributed by atoms with Crippen molar-refractivity contribution in [2.45, 2.75) is 127 Å². The molecule has 58 heavy (non-hydrogen) atoms. The van der Waals surface area contributed by atoms with Gasteiger partial charge in [0, 0.05) is 55.5 Å². The third kappa shape index (κ3) is 9.11. The third-order valence-electron chi connectivity index (χ3n) is 12.6. The van der Waals surface area contributed by atoms with E-state index in [9.17, 15) is 37.5 Å². The van der Waals surface area contributed by atoms with Crippen LogP contribution in [0.15, 0.2) is 48.5 Å². The number of thiophene rings is 1. The molecule has 310 valence electrons. The van der Waals surface area contributed by atoms with E-state index in [1.807, 2.05) is 29.2 Å². The monoisotopic (exact) mass is 817 g/mol. The van der Waals surface area contributed by atoms with Gasteiger partial charge in [-0.05, 0) is 92.0 Å². The summed E-state index contributed by atoms with van der Waals surface area (Å²) in [6.45, 7) is 2.15. The summed E-state index contributed by atoms with van der Waals surface area (Å²) < 4.78 is 28.8. The van der Waals surface area contributed by atoms with E-state index in [4.69, 9.17) is 5.73 Å². The van der Waals surface area contributed by atoms with Gasteiger partial charge in [0.1, 0.15) is 12.1 Å². The number of ketones is 1. The van der Waals surface area contributed by atoms with Crippen LogP contribution in [0.3, 0.4) is 0 Å². The van der Waals surface area contributed by atoms with Gasteiger partial charge < -0.3 is 26.2 Å². The first-order chi connectivity index (χ1) is 27.8. The Bertz CT molecular complexity index is 2050. The van der Waals surface area contributed by atoms with E-state index < -0.39 is 59.6 Å². The highest BCUT2D eigenvalue weighted by Gasteiger charge is 2.47. The number of primary amides is 1. The molecule has 0 radical (unpaired) electrons. The lowest BCUT2D eigenvalue weighted by atomic mass is 9.76. The lowest BCUT2D eigenvalue weighted by Gasteiger charge is -2.36. The summed E-state index contributed by atoms with van der Waals surface area (Å²) in [7, 11) is 0. The summed E-state index contributed by atoms with van der Waals surface area (Å²) in [4.78, 5) is 86.5. The highest BCUT2D eigenvalue weighted by molar-refractivity contribution is 7.20. The number of likely N-dealkylation sites (tertiary alicyclic amines) is 1. The van der Waals surface area contributed by atoms with E-state index in [-0.39, 0.29) is 53.7 Å². The fraction of sp³-hybridized carbons (Fsp3) is 0.545. The van der Waals surface area contributed by atoms with E-state index in [1.54, 1.807) is 6.07 Å². The number of nitrogens with two attached hydrogens (primary N) is 1. The Morgan fingerprint density at radius 3 is 2.38 bits per heavy atom. The summed E-state index contributed by atoms with van der Waals surface area (Å²) in [6, 6.07) is 9.75. The van der Waals surface area contributed by atoms with Crippen molar-refractivity contribution in [1.82, 2.24) is 20.4 Å². The van der Waals surface area contributed by atoms with Gasteiger partial charge in [-0.3, -0.25) is 28.8 Å². The summed E-state index contributed by atoms with van der Waals surface area (Å²) in [5, 5.41) is 6.27. The molecule has 3 aromatic rings. The number of fused-ring (bicyclic) bond motifs is 4. The molecule has 4 heterocycles. The van der Waals surface area contributed by atoms with Crippen molar-refractivity contribution < 1.29 is 37.5 Å². The van der Waals surface area contributed by atoms with Crippen LogP contribution in [0.25, 0.3) is 10.1 Å². The van der Waals surface area contributed by atoms with E-state index >= 15 is 0 Å². The molecule has 4 N–H and O–H groups in total. The van der Waals surface area contributed by atoms with Gasteiger partial charge in [-0.2, -0.15) is 0 Å². The Hall–Kier alpha value is -4.72. The number of nitrogens with one attached hydrogen (secondary N) is 2. The van der Waals surface area contributed by atoms with Crippen molar-refractivity contribution in [2.24, 2.45) is 17.6 Å². The Morgan fingerprint density at radius 1 is 0.931 bits per heavy atom. The number of carbonyl (C=O) groups is 6. The molecule has 5 amide bonds. The molecule has 1 aliphatic carbocycles. The van der Waals surface area contributed by atoms with Gasteiger partial charge in [-0.25, -0.2) is 8.78 Å². The van der Waals surface area contributed by atoms with Crippen LogP contribution in [0, 0.1) is 11.8 Å². The molecule has 0 unspecified atom stereocenters. The topological polar surface area (TPSA) is 159 Å². The summed E-state index contributed by atoms with van der Waals surface area (Å²) in [5.41, 5.74) is 7.08. The van der Waals surface area contributed by atoms with Crippen LogP contribution in [-0.2, 0) is 36.3 Å². The molecule has 0 bridgehead atoms. The van der Waals surface area contributed by atoms with Crippen LogP contribution < -0.4 is 16.4 Å². The van der Waals surface area contributed by atoms with Gasteiger partial charge in [0.25, 0.3) is 11.8 Å². The molecular weight excluding hydrogens is 765 g/mol. The zero-order chi connectivity index (χ0) is 41.1. The normalized spacial score (nSPS) is 22.4. The molecule has 1 saturated carbocycles. The first-order valence-electron chi connectivity index (χ1n) is 20.8. The number of halogens is 2. The highest BCUT2D eigenvalue weighted by Crippen LogP contribution is 2.41. The van der Waals surface area contributed by atoms with E-state index in [0.717, 1.165) is 80.8 Å². The first kappa shape index (κ1) is 41.4. The van der Waals surface area contributed by atoms with Crippen LogP contribution in [0.5, 0.6) is 0 Å². The highest BCUT2D eigenvalue weighted by atomic mass is 32.1. The van der Waals surface area contributed by atoms with Gasteiger partial charge in [0.2, 0.25) is 23.6 Å². The van der Waals surface area contributed by atoms with Crippen LogP contribution in [0.4, 0.5) is 8.78 Å². The van der Waals surface area contributed by atoms with Gasteiger partial charge in [0.15, 0.2) is 5.78 Å². The number of hydrogen-bond donors (Lipinski definition) is 3. The average molecular weight is 818 g/mol.